The molecule has 0 aliphatic heterocycles. The highest BCUT2D eigenvalue weighted by Gasteiger charge is 2.14. The van der Waals surface area contributed by atoms with Crippen LogP contribution in [0.3, 0.4) is 0 Å². The average molecular weight is 271 g/mol. The number of aromatic nitrogens is 2. The summed E-state index contributed by atoms with van der Waals surface area (Å²) >= 11 is 0. The maximum atomic E-state index is 11.8. The fourth-order valence-corrected chi connectivity index (χ4v) is 1.55. The van der Waals surface area contributed by atoms with Crippen LogP contribution in [0.1, 0.15) is 5.56 Å². The number of carbonyl (C=O) groups excluding carboxylic acids is 1. The number of aliphatic hydroxyl groups is 1. The van der Waals surface area contributed by atoms with Gasteiger partial charge in [0, 0.05) is 27.3 Å². The smallest absolute Gasteiger partial charge is 0.409 e. The minimum Gasteiger partial charge on any atom is -0.447 e. The van der Waals surface area contributed by atoms with Gasteiger partial charge in [-0.15, -0.1) is 0 Å². The minimum atomic E-state index is -0.648. The highest BCUT2D eigenvalue weighted by molar-refractivity contribution is 5.67. The number of carbonyl (C=O) groups is 1. The van der Waals surface area contributed by atoms with Crippen molar-refractivity contribution in [3.05, 3.63) is 32.6 Å². The highest BCUT2D eigenvalue weighted by Crippen LogP contribution is 1.98. The van der Waals surface area contributed by atoms with Gasteiger partial charge in [0.05, 0.1) is 18.7 Å². The summed E-state index contributed by atoms with van der Waals surface area (Å²) in [7, 11) is 4.36. The van der Waals surface area contributed by atoms with E-state index in [4.69, 9.17) is 9.84 Å². The predicted molar refractivity (Wildman–Crippen MR) is 66.8 cm³/mol. The molecular weight excluding hydrogens is 254 g/mol. The summed E-state index contributed by atoms with van der Waals surface area (Å²) in [5, 5.41) is 8.55. The molecule has 1 amide bonds. The minimum absolute atomic E-state index is 0.0189. The van der Waals surface area contributed by atoms with Crippen LogP contribution in [0.2, 0.25) is 0 Å². The molecule has 1 rings (SSSR count). The first kappa shape index (κ1) is 15.0. The van der Waals surface area contributed by atoms with Crippen molar-refractivity contribution >= 4 is 6.09 Å². The first-order valence-electron chi connectivity index (χ1n) is 5.62. The third-order valence-electron chi connectivity index (χ3n) is 2.55. The number of amides is 1. The summed E-state index contributed by atoms with van der Waals surface area (Å²) in [6.07, 6.45) is 0.741. The Labute approximate surface area is 109 Å². The molecule has 1 heterocycles. The van der Waals surface area contributed by atoms with Gasteiger partial charge in [0.2, 0.25) is 0 Å². The third kappa shape index (κ3) is 3.44. The van der Waals surface area contributed by atoms with Crippen molar-refractivity contribution in [2.24, 2.45) is 14.1 Å². The van der Waals surface area contributed by atoms with Crippen molar-refractivity contribution in [1.82, 2.24) is 14.0 Å². The van der Waals surface area contributed by atoms with Gasteiger partial charge in [-0.3, -0.25) is 9.36 Å². The van der Waals surface area contributed by atoms with Gasteiger partial charge in [0.1, 0.15) is 6.61 Å². The van der Waals surface area contributed by atoms with Crippen LogP contribution >= 0.6 is 0 Å². The molecule has 0 radical (unpaired) electrons. The van der Waals surface area contributed by atoms with E-state index in [2.05, 4.69) is 0 Å². The fourth-order valence-electron chi connectivity index (χ4n) is 1.55. The van der Waals surface area contributed by atoms with Crippen LogP contribution in [0.25, 0.3) is 0 Å². The molecular formula is C11H17N3O5. The number of rotatable bonds is 4. The third-order valence-corrected chi connectivity index (χ3v) is 2.55. The van der Waals surface area contributed by atoms with E-state index in [9.17, 15) is 14.4 Å². The number of ether oxygens (including phenoxy) is 1. The van der Waals surface area contributed by atoms with Crippen molar-refractivity contribution in [2.75, 3.05) is 20.3 Å². The molecule has 0 fully saturated rings. The lowest BCUT2D eigenvalue weighted by molar-refractivity contribution is 0.0892. The molecule has 0 atom stereocenters. The molecule has 0 bridgehead atoms. The molecule has 1 N–H and O–H groups in total. The van der Waals surface area contributed by atoms with Crippen LogP contribution in [0.4, 0.5) is 4.79 Å². The topological polar surface area (TPSA) is 93.8 Å². The van der Waals surface area contributed by atoms with E-state index in [0.29, 0.717) is 5.56 Å². The molecule has 8 heteroatoms. The quantitative estimate of drug-likeness (QED) is 0.730. The molecule has 1 aromatic rings. The Kier molecular flexibility index (Phi) is 4.87. The Morgan fingerprint density at radius 3 is 2.63 bits per heavy atom. The zero-order valence-corrected chi connectivity index (χ0v) is 11.1. The Morgan fingerprint density at radius 1 is 1.42 bits per heavy atom. The van der Waals surface area contributed by atoms with Crippen LogP contribution in [0.15, 0.2) is 15.8 Å². The van der Waals surface area contributed by atoms with Crippen molar-refractivity contribution in [3.8, 4) is 0 Å². The van der Waals surface area contributed by atoms with Crippen LogP contribution in [0, 0.1) is 0 Å². The van der Waals surface area contributed by atoms with Crippen LogP contribution in [0.5, 0.6) is 0 Å². The summed E-state index contributed by atoms with van der Waals surface area (Å²) in [6, 6.07) is 0. The summed E-state index contributed by atoms with van der Waals surface area (Å²) in [5.41, 5.74) is -0.586. The van der Waals surface area contributed by atoms with E-state index in [1.54, 1.807) is 0 Å². The molecule has 106 valence electrons. The van der Waals surface area contributed by atoms with Gasteiger partial charge in [-0.2, -0.15) is 0 Å². The van der Waals surface area contributed by atoms with Crippen molar-refractivity contribution < 1.29 is 14.6 Å². The predicted octanol–water partition coefficient (Wildman–Crippen LogP) is -1.36. The molecule has 0 spiro atoms. The largest absolute Gasteiger partial charge is 0.447 e. The van der Waals surface area contributed by atoms with E-state index in [0.717, 1.165) is 4.57 Å². The number of aryl methyl sites for hydroxylation is 1. The number of hydrogen-bond acceptors (Lipinski definition) is 5. The monoisotopic (exact) mass is 271 g/mol. The van der Waals surface area contributed by atoms with Crippen molar-refractivity contribution in [3.63, 3.8) is 0 Å². The second-order valence-electron chi connectivity index (χ2n) is 4.11. The van der Waals surface area contributed by atoms with Crippen LogP contribution < -0.4 is 11.2 Å². The number of aliphatic hydroxyl groups excluding tert-OH is 1. The first-order chi connectivity index (χ1) is 8.88. The summed E-state index contributed by atoms with van der Waals surface area (Å²) < 4.78 is 6.95. The van der Waals surface area contributed by atoms with E-state index in [-0.39, 0.29) is 19.8 Å². The Bertz CT molecular complexity index is 575. The summed E-state index contributed by atoms with van der Waals surface area (Å²) in [6.45, 7) is -0.347. The molecule has 0 saturated carbocycles. The van der Waals surface area contributed by atoms with E-state index in [1.807, 2.05) is 0 Å². The highest BCUT2D eigenvalue weighted by atomic mass is 16.6. The van der Waals surface area contributed by atoms with Gasteiger partial charge in [-0.1, -0.05) is 0 Å². The summed E-state index contributed by atoms with van der Waals surface area (Å²) in [5.74, 6) is 0. The number of nitrogens with zero attached hydrogens (tertiary/aromatic N) is 3. The molecule has 0 aliphatic rings. The lowest BCUT2D eigenvalue weighted by Gasteiger charge is -2.17. The second kappa shape index (κ2) is 6.19. The molecule has 0 aliphatic carbocycles. The lowest BCUT2D eigenvalue weighted by Crippen LogP contribution is -2.40. The van der Waals surface area contributed by atoms with Crippen molar-refractivity contribution in [1.29, 1.82) is 0 Å². The van der Waals surface area contributed by atoms with E-state index >= 15 is 0 Å². The number of hydrogen-bond donors (Lipinski definition) is 1. The zero-order valence-electron chi connectivity index (χ0n) is 11.1. The first-order valence-corrected chi connectivity index (χ1v) is 5.62. The summed E-state index contributed by atoms with van der Waals surface area (Å²) in [4.78, 5) is 36.0. The second-order valence-corrected chi connectivity index (χ2v) is 4.11. The molecule has 0 unspecified atom stereocenters. The van der Waals surface area contributed by atoms with Crippen molar-refractivity contribution in [2.45, 2.75) is 6.54 Å². The van der Waals surface area contributed by atoms with E-state index < -0.39 is 17.3 Å². The Balaban J connectivity index is 2.92. The van der Waals surface area contributed by atoms with Crippen LogP contribution in [-0.2, 0) is 25.4 Å². The molecule has 0 aromatic carbocycles. The molecule has 1 aromatic heterocycles. The average Bonchev–Trinajstić information content (AvgIpc) is 2.39. The SMILES string of the molecule is CN(Cc1cn(C)c(=O)n(C)c1=O)C(=O)OCCO. The Morgan fingerprint density at radius 2 is 2.05 bits per heavy atom. The van der Waals surface area contributed by atoms with Gasteiger partial charge < -0.3 is 19.3 Å². The maximum absolute atomic E-state index is 11.8. The van der Waals surface area contributed by atoms with E-state index in [1.165, 1.54) is 36.8 Å². The van der Waals surface area contributed by atoms with Gasteiger partial charge in [0.25, 0.3) is 5.56 Å². The van der Waals surface area contributed by atoms with Gasteiger partial charge in [-0.05, 0) is 0 Å². The van der Waals surface area contributed by atoms with Gasteiger partial charge >= 0.3 is 11.8 Å². The zero-order chi connectivity index (χ0) is 14.6. The maximum Gasteiger partial charge on any atom is 0.409 e. The Hall–Kier alpha value is -2.09. The normalized spacial score (nSPS) is 10.3. The molecule has 8 nitrogen and oxygen atoms in total. The molecule has 19 heavy (non-hydrogen) atoms. The molecule has 0 saturated heterocycles. The standard InChI is InChI=1S/C11H17N3O5/c1-12-6-8(9(16)14(3)10(12)17)7-13(2)11(18)19-5-4-15/h6,15H,4-5,7H2,1-3H3. The van der Waals surface area contributed by atoms with Gasteiger partial charge in [0.15, 0.2) is 0 Å². The van der Waals surface area contributed by atoms with Crippen LogP contribution in [-0.4, -0.2) is 45.5 Å². The van der Waals surface area contributed by atoms with Gasteiger partial charge in [-0.25, -0.2) is 9.59 Å². The fraction of sp³-hybridized carbons (Fsp3) is 0.545. The lowest BCUT2D eigenvalue weighted by atomic mass is 10.3.